The van der Waals surface area contributed by atoms with Crippen LogP contribution in [0.3, 0.4) is 0 Å². The monoisotopic (exact) mass is 330 g/mol. The van der Waals surface area contributed by atoms with Gasteiger partial charge in [-0.25, -0.2) is 9.37 Å². The summed E-state index contributed by atoms with van der Waals surface area (Å²) in [6, 6.07) is 4.58. The lowest BCUT2D eigenvalue weighted by atomic mass is 10.2. The van der Waals surface area contributed by atoms with E-state index < -0.39 is 0 Å². The van der Waals surface area contributed by atoms with Gasteiger partial charge in [0.1, 0.15) is 5.82 Å². The minimum Gasteiger partial charge on any atom is -0.383 e. The van der Waals surface area contributed by atoms with Crippen LogP contribution in [0.25, 0.3) is 11.3 Å². The smallest absolute Gasteiger partial charge is 0.183 e. The summed E-state index contributed by atoms with van der Waals surface area (Å²) in [7, 11) is 1.66. The molecular formula is C12H12BrFN2OS. The Labute approximate surface area is 117 Å². The van der Waals surface area contributed by atoms with Crippen LogP contribution in [0, 0.1) is 5.82 Å². The number of rotatable bonds is 5. The van der Waals surface area contributed by atoms with E-state index in [0.29, 0.717) is 17.6 Å². The Bertz CT molecular complexity index is 533. The van der Waals surface area contributed by atoms with Gasteiger partial charge in [0.25, 0.3) is 0 Å². The van der Waals surface area contributed by atoms with Gasteiger partial charge in [-0.2, -0.15) is 0 Å². The van der Waals surface area contributed by atoms with Gasteiger partial charge in [-0.05, 0) is 34.1 Å². The number of nitrogens with one attached hydrogen (secondary N) is 1. The first kappa shape index (κ1) is 13.5. The predicted octanol–water partition coefficient (Wildman–Crippen LogP) is 3.77. The van der Waals surface area contributed by atoms with E-state index in [1.807, 2.05) is 5.38 Å². The molecule has 1 aromatic carbocycles. The zero-order chi connectivity index (χ0) is 13.0. The summed E-state index contributed by atoms with van der Waals surface area (Å²) in [5.74, 6) is -0.265. The fourth-order valence-electron chi connectivity index (χ4n) is 1.44. The van der Waals surface area contributed by atoms with E-state index in [-0.39, 0.29) is 5.82 Å². The van der Waals surface area contributed by atoms with Gasteiger partial charge in [-0.1, -0.05) is 0 Å². The van der Waals surface area contributed by atoms with E-state index in [0.717, 1.165) is 16.4 Å². The molecule has 0 aliphatic carbocycles. The summed E-state index contributed by atoms with van der Waals surface area (Å²) in [6.45, 7) is 1.35. The van der Waals surface area contributed by atoms with E-state index in [1.165, 1.54) is 23.5 Å². The molecule has 0 aliphatic heterocycles. The van der Waals surface area contributed by atoms with E-state index in [2.05, 4.69) is 26.2 Å². The zero-order valence-corrected chi connectivity index (χ0v) is 12.1. The third-order valence-electron chi connectivity index (χ3n) is 2.29. The third kappa shape index (κ3) is 3.28. The minimum absolute atomic E-state index is 0.265. The average Bonchev–Trinajstić information content (AvgIpc) is 2.78. The van der Waals surface area contributed by atoms with Crippen LogP contribution in [0.1, 0.15) is 0 Å². The highest BCUT2D eigenvalue weighted by Crippen LogP contribution is 2.31. The van der Waals surface area contributed by atoms with Crippen LogP contribution >= 0.6 is 27.3 Å². The number of hydrogen-bond donors (Lipinski definition) is 1. The maximum atomic E-state index is 13.0. The van der Waals surface area contributed by atoms with Crippen molar-refractivity contribution >= 4 is 32.4 Å². The van der Waals surface area contributed by atoms with Gasteiger partial charge in [0.15, 0.2) is 5.13 Å². The van der Waals surface area contributed by atoms with Crippen molar-refractivity contribution in [3.63, 3.8) is 0 Å². The van der Waals surface area contributed by atoms with Crippen molar-refractivity contribution in [3.05, 3.63) is 33.9 Å². The van der Waals surface area contributed by atoms with Crippen LogP contribution in [-0.4, -0.2) is 25.2 Å². The average molecular weight is 331 g/mol. The van der Waals surface area contributed by atoms with Gasteiger partial charge in [-0.15, -0.1) is 11.3 Å². The molecule has 2 aromatic rings. The summed E-state index contributed by atoms with van der Waals surface area (Å²) in [4.78, 5) is 4.44. The molecule has 0 amide bonds. The number of methoxy groups -OCH3 is 1. The second-order valence-corrected chi connectivity index (χ2v) is 5.29. The largest absolute Gasteiger partial charge is 0.383 e. The normalized spacial score (nSPS) is 10.6. The van der Waals surface area contributed by atoms with Gasteiger partial charge in [0.2, 0.25) is 0 Å². The number of halogens is 2. The van der Waals surface area contributed by atoms with Crippen molar-refractivity contribution < 1.29 is 9.13 Å². The van der Waals surface area contributed by atoms with Crippen LogP contribution in [0.2, 0.25) is 0 Å². The van der Waals surface area contributed by atoms with Gasteiger partial charge in [-0.3, -0.25) is 0 Å². The summed E-state index contributed by atoms with van der Waals surface area (Å²) < 4.78 is 18.7. The summed E-state index contributed by atoms with van der Waals surface area (Å²) in [5, 5.41) is 5.93. The molecule has 0 aliphatic rings. The van der Waals surface area contributed by atoms with E-state index >= 15 is 0 Å². The van der Waals surface area contributed by atoms with Crippen molar-refractivity contribution in [2.75, 3.05) is 25.6 Å². The Morgan fingerprint density at radius 2 is 2.33 bits per heavy atom. The van der Waals surface area contributed by atoms with E-state index in [9.17, 15) is 4.39 Å². The van der Waals surface area contributed by atoms with Gasteiger partial charge >= 0.3 is 0 Å². The number of nitrogens with zero attached hydrogens (tertiary/aromatic N) is 1. The first-order valence-electron chi connectivity index (χ1n) is 5.34. The molecule has 0 saturated carbocycles. The standard InChI is InChI=1S/C12H12BrFN2OS/c1-17-5-4-15-12-16-11(7-18-12)9-3-2-8(14)6-10(9)13/h2-3,6-7H,4-5H2,1H3,(H,15,16). The van der Waals surface area contributed by atoms with Crippen molar-refractivity contribution in [3.8, 4) is 11.3 Å². The third-order valence-corrected chi connectivity index (χ3v) is 3.75. The minimum atomic E-state index is -0.265. The Kier molecular flexibility index (Phi) is 4.68. The number of hydrogen-bond acceptors (Lipinski definition) is 4. The molecule has 1 heterocycles. The number of benzene rings is 1. The van der Waals surface area contributed by atoms with E-state index in [1.54, 1.807) is 13.2 Å². The Hall–Kier alpha value is -0.980. The fraction of sp³-hybridized carbons (Fsp3) is 0.250. The Morgan fingerprint density at radius 1 is 1.50 bits per heavy atom. The molecule has 2 rings (SSSR count). The lowest BCUT2D eigenvalue weighted by molar-refractivity contribution is 0.211. The van der Waals surface area contributed by atoms with Crippen LogP contribution < -0.4 is 5.32 Å². The molecule has 0 unspecified atom stereocenters. The first-order valence-corrected chi connectivity index (χ1v) is 7.01. The molecule has 3 nitrogen and oxygen atoms in total. The maximum Gasteiger partial charge on any atom is 0.183 e. The summed E-state index contributed by atoms with van der Waals surface area (Å²) in [5.41, 5.74) is 1.71. The molecule has 0 radical (unpaired) electrons. The fourth-order valence-corrected chi connectivity index (χ4v) is 2.73. The van der Waals surface area contributed by atoms with Crippen LogP contribution in [0.5, 0.6) is 0 Å². The maximum absolute atomic E-state index is 13.0. The summed E-state index contributed by atoms with van der Waals surface area (Å²) >= 11 is 4.86. The SMILES string of the molecule is COCCNc1nc(-c2ccc(F)cc2Br)cs1. The lowest BCUT2D eigenvalue weighted by Gasteiger charge is -2.02. The van der Waals surface area contributed by atoms with Crippen molar-refractivity contribution in [2.45, 2.75) is 0 Å². The quantitative estimate of drug-likeness (QED) is 0.847. The highest BCUT2D eigenvalue weighted by molar-refractivity contribution is 9.10. The molecular weight excluding hydrogens is 319 g/mol. The van der Waals surface area contributed by atoms with Gasteiger partial charge < -0.3 is 10.1 Å². The van der Waals surface area contributed by atoms with Crippen molar-refractivity contribution in [1.29, 1.82) is 0 Å². The molecule has 0 atom stereocenters. The van der Waals surface area contributed by atoms with E-state index in [4.69, 9.17) is 4.74 Å². The van der Waals surface area contributed by atoms with Crippen LogP contribution in [0.4, 0.5) is 9.52 Å². The van der Waals surface area contributed by atoms with Gasteiger partial charge in [0.05, 0.1) is 12.3 Å². The highest BCUT2D eigenvalue weighted by Gasteiger charge is 2.08. The Balaban J connectivity index is 2.13. The second kappa shape index (κ2) is 6.26. The molecule has 18 heavy (non-hydrogen) atoms. The number of anilines is 1. The molecule has 1 N–H and O–H groups in total. The molecule has 0 bridgehead atoms. The summed E-state index contributed by atoms with van der Waals surface area (Å²) in [6.07, 6.45) is 0. The van der Waals surface area contributed by atoms with Crippen molar-refractivity contribution in [1.82, 2.24) is 4.98 Å². The number of aromatic nitrogens is 1. The van der Waals surface area contributed by atoms with Crippen LogP contribution in [0.15, 0.2) is 28.1 Å². The molecule has 1 aromatic heterocycles. The molecule has 0 saturated heterocycles. The second-order valence-electron chi connectivity index (χ2n) is 3.58. The molecule has 6 heteroatoms. The lowest BCUT2D eigenvalue weighted by Crippen LogP contribution is -2.07. The highest BCUT2D eigenvalue weighted by atomic mass is 79.9. The molecule has 0 fully saturated rings. The zero-order valence-electron chi connectivity index (χ0n) is 9.74. The predicted molar refractivity (Wildman–Crippen MR) is 75.6 cm³/mol. The first-order chi connectivity index (χ1) is 8.70. The Morgan fingerprint density at radius 3 is 3.06 bits per heavy atom. The number of ether oxygens (including phenoxy) is 1. The van der Waals surface area contributed by atoms with Crippen molar-refractivity contribution in [2.24, 2.45) is 0 Å². The van der Waals surface area contributed by atoms with Gasteiger partial charge in [0, 0.05) is 29.1 Å². The molecule has 96 valence electrons. The molecule has 0 spiro atoms. The topological polar surface area (TPSA) is 34.1 Å². The van der Waals surface area contributed by atoms with Crippen LogP contribution in [-0.2, 0) is 4.74 Å². The number of thiazole rings is 1.